The summed E-state index contributed by atoms with van der Waals surface area (Å²) in [6.07, 6.45) is 4.37. The van der Waals surface area contributed by atoms with Crippen LogP contribution in [0.3, 0.4) is 0 Å². The van der Waals surface area contributed by atoms with Gasteiger partial charge in [0.25, 0.3) is 11.8 Å². The number of hydrogen-bond acceptors (Lipinski definition) is 6. The standard InChI is InChI=1S/C30H38ClN5O4/c1-6-7-8-9-14-25(39-22-16-15-19(2)17-20(22)3)29(37)32-18-21(4)27-33-28-26(31)30(35-36(28)34-27)40-24-13-11-10-12-23(24)38-5/h10-13,15-17,21,25H,6-9,14,18H2,1-5H3,(H,32,37)(H,33,34). The number of para-hydroxylation sites is 2. The fraction of sp³-hybridized carbons (Fsp3) is 0.433. The summed E-state index contributed by atoms with van der Waals surface area (Å²) in [4.78, 5) is 17.9. The summed E-state index contributed by atoms with van der Waals surface area (Å²) in [7, 11) is 1.57. The van der Waals surface area contributed by atoms with Gasteiger partial charge >= 0.3 is 0 Å². The van der Waals surface area contributed by atoms with E-state index in [2.05, 4.69) is 33.5 Å². The molecule has 2 aromatic heterocycles. The summed E-state index contributed by atoms with van der Waals surface area (Å²) in [5.74, 6) is 2.40. The summed E-state index contributed by atoms with van der Waals surface area (Å²) < 4.78 is 18.9. The maximum Gasteiger partial charge on any atom is 0.261 e. The van der Waals surface area contributed by atoms with Gasteiger partial charge in [-0.1, -0.05) is 74.5 Å². The minimum atomic E-state index is -0.566. The molecule has 2 heterocycles. The summed E-state index contributed by atoms with van der Waals surface area (Å²) in [5, 5.41) is 10.9. The van der Waals surface area contributed by atoms with E-state index in [4.69, 9.17) is 25.8 Å². The predicted molar refractivity (Wildman–Crippen MR) is 156 cm³/mol. The van der Waals surface area contributed by atoms with Crippen molar-refractivity contribution in [2.24, 2.45) is 0 Å². The molecular weight excluding hydrogens is 530 g/mol. The maximum absolute atomic E-state index is 13.2. The lowest BCUT2D eigenvalue weighted by Crippen LogP contribution is -2.40. The highest BCUT2D eigenvalue weighted by molar-refractivity contribution is 6.34. The number of aryl methyl sites for hydroxylation is 2. The van der Waals surface area contributed by atoms with Crippen molar-refractivity contribution in [3.8, 4) is 23.1 Å². The Hall–Kier alpha value is -3.72. The Morgan fingerprint density at radius 3 is 2.58 bits per heavy atom. The number of ether oxygens (including phenoxy) is 3. The molecule has 10 heteroatoms. The lowest BCUT2D eigenvalue weighted by molar-refractivity contribution is -0.128. The largest absolute Gasteiger partial charge is 0.493 e. The van der Waals surface area contributed by atoms with Crippen molar-refractivity contribution in [2.75, 3.05) is 13.7 Å². The lowest BCUT2D eigenvalue weighted by Gasteiger charge is -2.21. The van der Waals surface area contributed by atoms with E-state index in [0.29, 0.717) is 35.9 Å². The maximum atomic E-state index is 13.2. The third kappa shape index (κ3) is 7.07. The third-order valence-electron chi connectivity index (χ3n) is 6.76. The Labute approximate surface area is 240 Å². The fourth-order valence-electron chi connectivity index (χ4n) is 4.43. The normalized spacial score (nSPS) is 12.8. The highest BCUT2D eigenvalue weighted by Gasteiger charge is 2.24. The van der Waals surface area contributed by atoms with Gasteiger partial charge in [-0.2, -0.15) is 0 Å². The Kier molecular flexibility index (Phi) is 9.93. The van der Waals surface area contributed by atoms with Gasteiger partial charge in [0, 0.05) is 12.5 Å². The Morgan fingerprint density at radius 1 is 1.10 bits per heavy atom. The minimum absolute atomic E-state index is 0.123. The van der Waals surface area contributed by atoms with E-state index >= 15 is 0 Å². The van der Waals surface area contributed by atoms with Crippen LogP contribution in [0.4, 0.5) is 0 Å². The van der Waals surface area contributed by atoms with Crippen LogP contribution in [0.5, 0.6) is 23.1 Å². The van der Waals surface area contributed by atoms with E-state index in [1.165, 1.54) is 4.63 Å². The van der Waals surface area contributed by atoms with Crippen molar-refractivity contribution in [1.82, 2.24) is 25.1 Å². The van der Waals surface area contributed by atoms with Crippen molar-refractivity contribution >= 4 is 23.2 Å². The van der Waals surface area contributed by atoms with Crippen LogP contribution in [0.2, 0.25) is 5.02 Å². The number of fused-ring (bicyclic) bond motifs is 1. The molecule has 9 nitrogen and oxygen atoms in total. The van der Waals surface area contributed by atoms with Crippen LogP contribution in [0, 0.1) is 13.8 Å². The van der Waals surface area contributed by atoms with E-state index in [-0.39, 0.29) is 22.7 Å². The van der Waals surface area contributed by atoms with Crippen molar-refractivity contribution in [3.63, 3.8) is 0 Å². The van der Waals surface area contributed by atoms with Gasteiger partial charge in [0.1, 0.15) is 11.6 Å². The monoisotopic (exact) mass is 567 g/mol. The molecule has 0 aliphatic heterocycles. The highest BCUT2D eigenvalue weighted by Crippen LogP contribution is 2.35. The van der Waals surface area contributed by atoms with Crippen LogP contribution in [-0.4, -0.2) is 45.5 Å². The van der Waals surface area contributed by atoms with Crippen LogP contribution < -0.4 is 19.5 Å². The molecule has 40 heavy (non-hydrogen) atoms. The number of carbonyl (C=O) groups excluding carboxylic acids is 1. The van der Waals surface area contributed by atoms with E-state index in [0.717, 1.165) is 42.6 Å². The first kappa shape index (κ1) is 29.3. The van der Waals surface area contributed by atoms with Crippen molar-refractivity contribution < 1.29 is 19.0 Å². The van der Waals surface area contributed by atoms with Gasteiger partial charge in [-0.05, 0) is 50.5 Å². The zero-order valence-electron chi connectivity index (χ0n) is 23.8. The number of rotatable bonds is 14. The number of benzene rings is 2. The molecule has 0 fully saturated rings. The van der Waals surface area contributed by atoms with E-state index in [1.807, 2.05) is 45.0 Å². The third-order valence-corrected chi connectivity index (χ3v) is 7.09. The molecule has 2 N–H and O–H groups in total. The molecular formula is C30H38ClN5O4. The molecule has 0 spiro atoms. The number of aromatic amines is 1. The number of nitrogens with zero attached hydrogens (tertiary/aromatic N) is 3. The summed E-state index contributed by atoms with van der Waals surface area (Å²) >= 11 is 6.54. The van der Waals surface area contributed by atoms with Crippen LogP contribution in [0.25, 0.3) is 5.65 Å². The zero-order chi connectivity index (χ0) is 28.6. The van der Waals surface area contributed by atoms with Gasteiger partial charge in [0.2, 0.25) is 0 Å². The zero-order valence-corrected chi connectivity index (χ0v) is 24.5. The number of aromatic nitrogens is 4. The fourth-order valence-corrected chi connectivity index (χ4v) is 4.63. The first-order chi connectivity index (χ1) is 19.3. The SMILES string of the molecule is CCCCCCC(Oc1ccc(C)cc1C)C(=O)NCC(C)c1nc2c(Cl)c(Oc3ccccc3OC)nn2[nH]1. The van der Waals surface area contributed by atoms with Crippen LogP contribution in [0.15, 0.2) is 42.5 Å². The summed E-state index contributed by atoms with van der Waals surface area (Å²) in [6.45, 7) is 8.56. The first-order valence-electron chi connectivity index (χ1n) is 13.8. The molecule has 0 bridgehead atoms. The lowest BCUT2D eigenvalue weighted by atomic mass is 10.1. The summed E-state index contributed by atoms with van der Waals surface area (Å²) in [5.41, 5.74) is 2.61. The van der Waals surface area contributed by atoms with Gasteiger partial charge in [0.05, 0.1) is 7.11 Å². The number of unbranched alkanes of at least 4 members (excludes halogenated alkanes) is 3. The number of methoxy groups -OCH3 is 1. The van der Waals surface area contributed by atoms with E-state index in [9.17, 15) is 4.79 Å². The number of nitrogens with one attached hydrogen (secondary N) is 2. The van der Waals surface area contributed by atoms with Gasteiger partial charge in [0.15, 0.2) is 28.3 Å². The molecule has 0 aliphatic carbocycles. The molecule has 2 unspecified atom stereocenters. The Morgan fingerprint density at radius 2 is 1.88 bits per heavy atom. The number of halogens is 1. The van der Waals surface area contributed by atoms with Crippen LogP contribution >= 0.6 is 11.6 Å². The van der Waals surface area contributed by atoms with Crippen molar-refractivity contribution in [1.29, 1.82) is 0 Å². The van der Waals surface area contributed by atoms with Crippen molar-refractivity contribution in [3.05, 3.63) is 64.4 Å². The van der Waals surface area contributed by atoms with Crippen LogP contribution in [-0.2, 0) is 4.79 Å². The molecule has 4 aromatic rings. The first-order valence-corrected chi connectivity index (χ1v) is 14.1. The number of H-pyrrole nitrogens is 1. The number of amides is 1. The molecule has 214 valence electrons. The second kappa shape index (κ2) is 13.6. The van der Waals surface area contributed by atoms with E-state index < -0.39 is 6.10 Å². The quantitative estimate of drug-likeness (QED) is 0.163. The summed E-state index contributed by atoms with van der Waals surface area (Å²) in [6, 6.07) is 13.3. The molecule has 1 amide bonds. The van der Waals surface area contributed by atoms with Gasteiger partial charge < -0.3 is 19.5 Å². The van der Waals surface area contributed by atoms with Gasteiger partial charge in [-0.15, -0.1) is 9.73 Å². The molecule has 0 aliphatic rings. The molecule has 0 saturated heterocycles. The second-order valence-electron chi connectivity index (χ2n) is 10.1. The number of carbonyl (C=O) groups is 1. The molecule has 2 atom stereocenters. The second-order valence-corrected chi connectivity index (χ2v) is 10.5. The number of hydrogen-bond donors (Lipinski definition) is 2. The molecule has 4 rings (SSSR count). The van der Waals surface area contributed by atoms with E-state index in [1.54, 1.807) is 19.2 Å². The Balaban J connectivity index is 1.41. The molecule has 2 aromatic carbocycles. The molecule has 0 radical (unpaired) electrons. The highest BCUT2D eigenvalue weighted by atomic mass is 35.5. The molecule has 0 saturated carbocycles. The predicted octanol–water partition coefficient (Wildman–Crippen LogP) is 6.77. The van der Waals surface area contributed by atoms with Gasteiger partial charge in [-0.25, -0.2) is 4.98 Å². The average Bonchev–Trinajstić information content (AvgIpc) is 3.49. The smallest absolute Gasteiger partial charge is 0.261 e. The average molecular weight is 568 g/mol. The van der Waals surface area contributed by atoms with Gasteiger partial charge in [-0.3, -0.25) is 9.89 Å². The van der Waals surface area contributed by atoms with Crippen LogP contribution in [0.1, 0.15) is 68.8 Å². The minimum Gasteiger partial charge on any atom is -0.493 e. The van der Waals surface area contributed by atoms with Crippen molar-refractivity contribution in [2.45, 2.75) is 71.8 Å². The Bertz CT molecular complexity index is 1430. The topological polar surface area (TPSA) is 103 Å².